The average Bonchev–Trinajstić information content (AvgIpc) is 2.65. The fraction of sp³-hybridized carbons (Fsp3) is 0.250. The number of rotatable bonds is 5. The van der Waals surface area contributed by atoms with Gasteiger partial charge in [0, 0.05) is 23.4 Å². The first-order chi connectivity index (χ1) is 12.8. The monoisotopic (exact) mass is 377 g/mol. The molecule has 0 N–H and O–H groups in total. The molecule has 0 aliphatic rings. The summed E-state index contributed by atoms with van der Waals surface area (Å²) in [5, 5.41) is 1.06. The lowest BCUT2D eigenvalue weighted by molar-refractivity contribution is -0.176. The number of nitrogens with zero attached hydrogens (tertiary/aromatic N) is 1. The molecule has 0 fully saturated rings. The zero-order chi connectivity index (χ0) is 19.6. The minimum atomic E-state index is -4.44. The number of pyridine rings is 1. The molecule has 2 aromatic carbocycles. The van der Waals surface area contributed by atoms with Crippen molar-refractivity contribution in [3.63, 3.8) is 0 Å². The molecule has 7 heteroatoms. The van der Waals surface area contributed by atoms with Gasteiger partial charge in [0.05, 0.1) is 19.4 Å². The Balaban J connectivity index is 2.25. The molecule has 0 unspecified atom stereocenters. The lowest BCUT2D eigenvalue weighted by Crippen LogP contribution is -2.24. The fourth-order valence-corrected chi connectivity index (χ4v) is 3.03. The molecule has 0 radical (unpaired) electrons. The molecule has 3 aromatic rings. The van der Waals surface area contributed by atoms with Gasteiger partial charge in [-0.3, -0.25) is 4.79 Å². The number of hydrogen-bond donors (Lipinski definition) is 0. The van der Waals surface area contributed by atoms with Gasteiger partial charge in [0.25, 0.3) is 5.56 Å². The van der Waals surface area contributed by atoms with Crippen LogP contribution in [0.15, 0.2) is 53.3 Å². The van der Waals surface area contributed by atoms with Gasteiger partial charge < -0.3 is 14.0 Å². The van der Waals surface area contributed by atoms with E-state index in [-0.39, 0.29) is 12.2 Å². The Kier molecular flexibility index (Phi) is 5.23. The Labute approximate surface area is 153 Å². The number of aromatic nitrogens is 1. The van der Waals surface area contributed by atoms with Gasteiger partial charge in [-0.25, -0.2) is 0 Å². The largest absolute Gasteiger partial charge is 0.497 e. The molecule has 3 rings (SSSR count). The van der Waals surface area contributed by atoms with Crippen LogP contribution in [0.1, 0.15) is 5.69 Å². The van der Waals surface area contributed by atoms with Crippen molar-refractivity contribution >= 4 is 10.8 Å². The lowest BCUT2D eigenvalue weighted by Gasteiger charge is -2.18. The normalized spacial score (nSPS) is 11.7. The van der Waals surface area contributed by atoms with Crippen LogP contribution in [0.25, 0.3) is 21.9 Å². The number of fused-ring (bicyclic) bond motifs is 1. The lowest BCUT2D eigenvalue weighted by atomic mass is 9.97. The van der Waals surface area contributed by atoms with Crippen molar-refractivity contribution in [1.29, 1.82) is 0 Å². The van der Waals surface area contributed by atoms with Crippen molar-refractivity contribution in [1.82, 2.24) is 4.57 Å². The van der Waals surface area contributed by atoms with Crippen molar-refractivity contribution in [3.8, 4) is 16.9 Å². The van der Waals surface area contributed by atoms with E-state index in [0.717, 1.165) is 5.56 Å². The van der Waals surface area contributed by atoms with E-state index in [1.165, 1.54) is 18.7 Å². The molecular weight excluding hydrogens is 359 g/mol. The van der Waals surface area contributed by atoms with Gasteiger partial charge in [0.15, 0.2) is 0 Å². The number of alkyl halides is 3. The van der Waals surface area contributed by atoms with E-state index < -0.39 is 12.8 Å². The summed E-state index contributed by atoms with van der Waals surface area (Å²) in [4.78, 5) is 12.7. The molecule has 0 saturated carbocycles. The van der Waals surface area contributed by atoms with Crippen LogP contribution in [0.5, 0.6) is 5.75 Å². The van der Waals surface area contributed by atoms with Gasteiger partial charge >= 0.3 is 6.18 Å². The van der Waals surface area contributed by atoms with E-state index in [4.69, 9.17) is 9.47 Å². The van der Waals surface area contributed by atoms with Gasteiger partial charge in [0.1, 0.15) is 12.4 Å². The van der Waals surface area contributed by atoms with Crippen molar-refractivity contribution in [3.05, 3.63) is 64.6 Å². The zero-order valence-electron chi connectivity index (χ0n) is 14.8. The highest BCUT2D eigenvalue weighted by Crippen LogP contribution is 2.33. The van der Waals surface area contributed by atoms with Crippen molar-refractivity contribution < 1.29 is 22.6 Å². The maximum atomic E-state index is 12.7. The third kappa shape index (κ3) is 3.98. The first kappa shape index (κ1) is 19.0. The molecule has 0 amide bonds. The van der Waals surface area contributed by atoms with Crippen molar-refractivity contribution in [2.24, 2.45) is 7.05 Å². The second-order valence-electron chi connectivity index (χ2n) is 6.07. The Bertz CT molecular complexity index is 1010. The molecule has 0 bridgehead atoms. The second-order valence-corrected chi connectivity index (χ2v) is 6.07. The van der Waals surface area contributed by atoms with Crippen LogP contribution in [0.3, 0.4) is 0 Å². The Morgan fingerprint density at radius 3 is 2.37 bits per heavy atom. The summed E-state index contributed by atoms with van der Waals surface area (Å²) in [6.45, 7) is -1.73. The van der Waals surface area contributed by atoms with Crippen LogP contribution in [-0.2, 0) is 18.4 Å². The molecule has 27 heavy (non-hydrogen) atoms. The summed E-state index contributed by atoms with van der Waals surface area (Å²) in [7, 11) is 3.04. The minimum absolute atomic E-state index is 0.307. The van der Waals surface area contributed by atoms with Crippen LogP contribution in [-0.4, -0.2) is 24.5 Å². The number of hydrogen-bond acceptors (Lipinski definition) is 3. The molecule has 0 saturated heterocycles. The summed E-state index contributed by atoms with van der Waals surface area (Å²) in [5.41, 5.74) is 1.49. The molecule has 142 valence electrons. The average molecular weight is 377 g/mol. The standard InChI is InChI=1S/C20H18F3NO3/c1-24-17(11-27-12-20(21,22)23)18(13-6-4-3-5-7-13)16-10-14(26-2)8-9-15(16)19(24)25/h3-10H,11-12H2,1-2H3. The number of benzene rings is 2. The summed E-state index contributed by atoms with van der Waals surface area (Å²) in [6, 6.07) is 14.2. The highest BCUT2D eigenvalue weighted by Gasteiger charge is 2.28. The van der Waals surface area contributed by atoms with Crippen molar-refractivity contribution in [2.75, 3.05) is 13.7 Å². The third-order valence-corrected chi connectivity index (χ3v) is 4.29. The smallest absolute Gasteiger partial charge is 0.411 e. The fourth-order valence-electron chi connectivity index (χ4n) is 3.03. The van der Waals surface area contributed by atoms with E-state index in [0.29, 0.717) is 27.8 Å². The van der Waals surface area contributed by atoms with E-state index in [9.17, 15) is 18.0 Å². The molecular formula is C20H18F3NO3. The number of methoxy groups -OCH3 is 1. The summed E-state index contributed by atoms with van der Waals surface area (Å²) < 4.78 is 49.0. The van der Waals surface area contributed by atoms with Gasteiger partial charge in [-0.15, -0.1) is 0 Å². The first-order valence-electron chi connectivity index (χ1n) is 8.21. The van der Waals surface area contributed by atoms with Gasteiger partial charge in [-0.2, -0.15) is 13.2 Å². The topological polar surface area (TPSA) is 40.5 Å². The molecule has 0 aliphatic carbocycles. The van der Waals surface area contributed by atoms with Crippen LogP contribution >= 0.6 is 0 Å². The SMILES string of the molecule is COc1ccc2c(=O)n(C)c(COCC(F)(F)F)c(-c3ccccc3)c2c1. The number of ether oxygens (including phenoxy) is 2. The quantitative estimate of drug-likeness (QED) is 0.666. The highest BCUT2D eigenvalue weighted by molar-refractivity contribution is 5.98. The van der Waals surface area contributed by atoms with Crippen LogP contribution < -0.4 is 10.3 Å². The van der Waals surface area contributed by atoms with E-state index in [1.807, 2.05) is 30.3 Å². The van der Waals surface area contributed by atoms with Gasteiger partial charge in [-0.05, 0) is 23.8 Å². The van der Waals surface area contributed by atoms with Gasteiger partial charge in [0.2, 0.25) is 0 Å². The maximum Gasteiger partial charge on any atom is 0.411 e. The summed E-state index contributed by atoms with van der Waals surface area (Å²) in [6.07, 6.45) is -4.44. The molecule has 1 heterocycles. The van der Waals surface area contributed by atoms with E-state index >= 15 is 0 Å². The third-order valence-electron chi connectivity index (χ3n) is 4.29. The minimum Gasteiger partial charge on any atom is -0.497 e. The molecule has 1 aromatic heterocycles. The van der Waals surface area contributed by atoms with Crippen molar-refractivity contribution in [2.45, 2.75) is 12.8 Å². The number of halogens is 3. The van der Waals surface area contributed by atoms with Crippen LogP contribution in [0, 0.1) is 0 Å². The van der Waals surface area contributed by atoms with Crippen LogP contribution in [0.2, 0.25) is 0 Å². The van der Waals surface area contributed by atoms with Gasteiger partial charge in [-0.1, -0.05) is 30.3 Å². The molecule has 0 spiro atoms. The Hall–Kier alpha value is -2.80. The van der Waals surface area contributed by atoms with Crippen LogP contribution in [0.4, 0.5) is 13.2 Å². The first-order valence-corrected chi connectivity index (χ1v) is 8.21. The molecule has 0 aliphatic heterocycles. The summed E-state index contributed by atoms with van der Waals surface area (Å²) >= 11 is 0. The maximum absolute atomic E-state index is 12.7. The predicted molar refractivity (Wildman–Crippen MR) is 96.9 cm³/mol. The highest BCUT2D eigenvalue weighted by atomic mass is 19.4. The second kappa shape index (κ2) is 7.44. The van der Waals surface area contributed by atoms with E-state index in [1.54, 1.807) is 18.2 Å². The Morgan fingerprint density at radius 2 is 1.74 bits per heavy atom. The summed E-state index contributed by atoms with van der Waals surface area (Å²) in [5.74, 6) is 0.551. The zero-order valence-corrected chi connectivity index (χ0v) is 14.8. The molecule has 4 nitrogen and oxygen atoms in total. The Morgan fingerprint density at radius 1 is 1.04 bits per heavy atom. The van der Waals surface area contributed by atoms with E-state index in [2.05, 4.69) is 0 Å². The molecule has 0 atom stereocenters. The predicted octanol–water partition coefficient (Wildman–Crippen LogP) is 4.29.